The van der Waals surface area contributed by atoms with Gasteiger partial charge in [-0.3, -0.25) is 4.79 Å². The van der Waals surface area contributed by atoms with E-state index in [0.29, 0.717) is 23.1 Å². The van der Waals surface area contributed by atoms with Gasteiger partial charge in [-0.15, -0.1) is 10.2 Å². The molecule has 0 aliphatic carbocycles. The highest BCUT2D eigenvalue weighted by Crippen LogP contribution is 2.19. The predicted octanol–water partition coefficient (Wildman–Crippen LogP) is 2.32. The summed E-state index contributed by atoms with van der Waals surface area (Å²) in [5, 5.41) is 15.6. The fourth-order valence-electron chi connectivity index (χ4n) is 2.18. The van der Waals surface area contributed by atoms with Crippen molar-refractivity contribution in [1.29, 1.82) is 0 Å². The van der Waals surface area contributed by atoms with Crippen molar-refractivity contribution in [3.05, 3.63) is 59.1 Å². The Morgan fingerprint density at radius 3 is 2.80 bits per heavy atom. The monoisotopic (exact) mass is 357 g/mol. The third-order valence-electron chi connectivity index (χ3n) is 3.47. The summed E-state index contributed by atoms with van der Waals surface area (Å²) in [4.78, 5) is 13.3. The summed E-state index contributed by atoms with van der Waals surface area (Å²) in [6.07, 6.45) is 0. The van der Waals surface area contributed by atoms with E-state index in [2.05, 4.69) is 20.7 Å². The number of ether oxygens (including phenoxy) is 1. The molecule has 3 aromatic rings. The van der Waals surface area contributed by atoms with E-state index in [1.54, 1.807) is 19.2 Å². The van der Waals surface area contributed by atoms with Crippen molar-refractivity contribution in [2.24, 2.45) is 0 Å². The first-order valence-corrected chi connectivity index (χ1v) is 7.95. The zero-order valence-corrected chi connectivity index (χ0v) is 14.3. The summed E-state index contributed by atoms with van der Waals surface area (Å²) in [5.74, 6) is 0.934. The zero-order valence-electron chi connectivity index (χ0n) is 13.5. The highest BCUT2D eigenvalue weighted by atomic mass is 35.5. The van der Waals surface area contributed by atoms with Crippen molar-refractivity contribution in [2.75, 3.05) is 7.11 Å². The van der Waals surface area contributed by atoms with E-state index in [1.165, 1.54) is 4.80 Å². The van der Waals surface area contributed by atoms with Crippen LogP contribution in [-0.4, -0.2) is 33.2 Å². The number of carbonyl (C=O) groups is 1. The summed E-state index contributed by atoms with van der Waals surface area (Å²) in [6.45, 7) is 0.401. The summed E-state index contributed by atoms with van der Waals surface area (Å²) in [7, 11) is 1.59. The average molecular weight is 358 g/mol. The Kier molecular flexibility index (Phi) is 5.25. The second kappa shape index (κ2) is 7.76. The third kappa shape index (κ3) is 4.54. The topological polar surface area (TPSA) is 81.9 Å². The highest BCUT2D eigenvalue weighted by Gasteiger charge is 2.10. The molecule has 0 aliphatic rings. The number of halogens is 1. The molecule has 3 rings (SSSR count). The van der Waals surface area contributed by atoms with Gasteiger partial charge in [0.05, 0.1) is 7.11 Å². The van der Waals surface area contributed by atoms with Crippen molar-refractivity contribution in [3.63, 3.8) is 0 Å². The summed E-state index contributed by atoms with van der Waals surface area (Å²) < 4.78 is 5.17. The number of benzene rings is 2. The van der Waals surface area contributed by atoms with Crippen LogP contribution in [0.3, 0.4) is 0 Å². The van der Waals surface area contributed by atoms with E-state index in [-0.39, 0.29) is 12.5 Å². The van der Waals surface area contributed by atoms with Gasteiger partial charge in [0, 0.05) is 17.1 Å². The average Bonchev–Trinajstić information content (AvgIpc) is 3.10. The van der Waals surface area contributed by atoms with Crippen molar-refractivity contribution in [2.45, 2.75) is 13.1 Å². The number of aromatic nitrogens is 4. The number of amides is 1. The van der Waals surface area contributed by atoms with E-state index in [0.717, 1.165) is 11.1 Å². The Bertz CT molecular complexity index is 863. The van der Waals surface area contributed by atoms with Crippen LogP contribution in [0.5, 0.6) is 5.75 Å². The lowest BCUT2D eigenvalue weighted by Gasteiger charge is -2.04. The molecule has 0 atom stereocenters. The van der Waals surface area contributed by atoms with Gasteiger partial charge in [-0.2, -0.15) is 4.80 Å². The molecule has 1 aromatic heterocycles. The van der Waals surface area contributed by atoms with Gasteiger partial charge >= 0.3 is 0 Å². The highest BCUT2D eigenvalue weighted by molar-refractivity contribution is 6.30. The van der Waals surface area contributed by atoms with Gasteiger partial charge in [-0.25, -0.2) is 0 Å². The van der Waals surface area contributed by atoms with Crippen LogP contribution in [0.1, 0.15) is 5.56 Å². The Hall–Kier alpha value is -2.93. The molecule has 0 saturated carbocycles. The lowest BCUT2D eigenvalue weighted by atomic mass is 10.2. The Balaban J connectivity index is 1.58. The van der Waals surface area contributed by atoms with Gasteiger partial charge in [0.15, 0.2) is 0 Å². The maximum atomic E-state index is 12.0. The van der Waals surface area contributed by atoms with Crippen LogP contribution >= 0.6 is 11.6 Å². The fourth-order valence-corrected chi connectivity index (χ4v) is 2.30. The maximum Gasteiger partial charge on any atom is 0.243 e. The van der Waals surface area contributed by atoms with Gasteiger partial charge in [0.25, 0.3) is 0 Å². The molecule has 2 aromatic carbocycles. The minimum atomic E-state index is -0.204. The molecule has 7 nitrogen and oxygen atoms in total. The van der Waals surface area contributed by atoms with Crippen LogP contribution in [0.2, 0.25) is 5.02 Å². The van der Waals surface area contributed by atoms with E-state index >= 15 is 0 Å². The van der Waals surface area contributed by atoms with Crippen molar-refractivity contribution in [3.8, 4) is 17.1 Å². The normalized spacial score (nSPS) is 10.5. The third-order valence-corrected chi connectivity index (χ3v) is 3.72. The van der Waals surface area contributed by atoms with E-state index in [4.69, 9.17) is 16.3 Å². The first-order chi connectivity index (χ1) is 12.1. The second-order valence-corrected chi connectivity index (χ2v) is 5.72. The molecule has 0 radical (unpaired) electrons. The smallest absolute Gasteiger partial charge is 0.243 e. The standard InChI is InChI=1S/C17H16ClN5O2/c1-25-15-4-2-3-13(9-15)17-20-22-23(21-17)11-16(24)19-10-12-5-7-14(18)8-6-12/h2-9H,10-11H2,1H3,(H,19,24). The maximum absolute atomic E-state index is 12.0. The number of nitrogens with zero attached hydrogens (tertiary/aromatic N) is 4. The molecule has 1 heterocycles. The zero-order chi connectivity index (χ0) is 17.6. The molecule has 0 unspecified atom stereocenters. The lowest BCUT2D eigenvalue weighted by molar-refractivity contribution is -0.122. The Morgan fingerprint density at radius 2 is 2.04 bits per heavy atom. The first-order valence-electron chi connectivity index (χ1n) is 7.57. The molecule has 0 saturated heterocycles. The minimum absolute atomic E-state index is 0.00937. The summed E-state index contributed by atoms with van der Waals surface area (Å²) >= 11 is 5.83. The second-order valence-electron chi connectivity index (χ2n) is 5.28. The Morgan fingerprint density at radius 1 is 1.24 bits per heavy atom. The summed E-state index contributed by atoms with van der Waals surface area (Å²) in [5.41, 5.74) is 1.73. The minimum Gasteiger partial charge on any atom is -0.497 e. The molecule has 1 N–H and O–H groups in total. The van der Waals surface area contributed by atoms with Crippen molar-refractivity contribution in [1.82, 2.24) is 25.5 Å². The quantitative estimate of drug-likeness (QED) is 0.732. The molecular formula is C17H16ClN5O2. The van der Waals surface area contributed by atoms with Crippen LogP contribution in [0.4, 0.5) is 0 Å². The number of hydrogen-bond donors (Lipinski definition) is 1. The molecule has 1 amide bonds. The van der Waals surface area contributed by atoms with Crippen molar-refractivity contribution >= 4 is 17.5 Å². The van der Waals surface area contributed by atoms with Gasteiger partial charge < -0.3 is 10.1 Å². The number of carbonyl (C=O) groups excluding carboxylic acids is 1. The largest absolute Gasteiger partial charge is 0.497 e. The van der Waals surface area contributed by atoms with Gasteiger partial charge in [-0.1, -0.05) is 35.9 Å². The molecule has 0 spiro atoms. The molecule has 0 fully saturated rings. The van der Waals surface area contributed by atoms with Gasteiger partial charge in [0.1, 0.15) is 12.3 Å². The number of nitrogens with one attached hydrogen (secondary N) is 1. The Labute approximate surface area is 149 Å². The summed E-state index contributed by atoms with van der Waals surface area (Å²) in [6, 6.07) is 14.6. The van der Waals surface area contributed by atoms with E-state index in [1.807, 2.05) is 36.4 Å². The van der Waals surface area contributed by atoms with Gasteiger partial charge in [-0.05, 0) is 35.0 Å². The molecule has 25 heavy (non-hydrogen) atoms. The molecule has 128 valence electrons. The van der Waals surface area contributed by atoms with Crippen LogP contribution in [0, 0.1) is 0 Å². The van der Waals surface area contributed by atoms with E-state index < -0.39 is 0 Å². The SMILES string of the molecule is COc1cccc(-c2nnn(CC(=O)NCc3ccc(Cl)cc3)n2)c1. The number of tetrazole rings is 1. The van der Waals surface area contributed by atoms with Crippen molar-refractivity contribution < 1.29 is 9.53 Å². The molecule has 0 bridgehead atoms. The van der Waals surface area contributed by atoms with Crippen LogP contribution in [0.15, 0.2) is 48.5 Å². The predicted molar refractivity (Wildman–Crippen MR) is 93.1 cm³/mol. The number of hydrogen-bond acceptors (Lipinski definition) is 5. The number of rotatable bonds is 6. The van der Waals surface area contributed by atoms with Crippen LogP contribution < -0.4 is 10.1 Å². The first kappa shape index (κ1) is 16.9. The van der Waals surface area contributed by atoms with Crippen LogP contribution in [0.25, 0.3) is 11.4 Å². The van der Waals surface area contributed by atoms with Crippen LogP contribution in [-0.2, 0) is 17.9 Å². The molecular weight excluding hydrogens is 342 g/mol. The van der Waals surface area contributed by atoms with Gasteiger partial charge in [0.2, 0.25) is 11.7 Å². The number of methoxy groups -OCH3 is 1. The molecule has 8 heteroatoms. The fraction of sp³-hybridized carbons (Fsp3) is 0.176. The van der Waals surface area contributed by atoms with E-state index in [9.17, 15) is 4.79 Å². The molecule has 0 aliphatic heterocycles. The lowest BCUT2D eigenvalue weighted by Crippen LogP contribution is -2.28.